The molecule has 3 rings (SSSR count). The van der Waals surface area contributed by atoms with E-state index in [9.17, 15) is 14.0 Å². The zero-order valence-electron chi connectivity index (χ0n) is 21.3. The zero-order chi connectivity index (χ0) is 26.6. The molecular weight excluding hydrogens is 507 g/mol. The number of hydrogen-bond donors (Lipinski definition) is 1. The summed E-state index contributed by atoms with van der Waals surface area (Å²) in [5.41, 5.74) is 1.75. The number of rotatable bonds is 13. The molecule has 0 aromatic heterocycles. The van der Waals surface area contributed by atoms with E-state index in [1.807, 2.05) is 68.4 Å². The molecular formula is C30H34ClFN2O2S. The maximum Gasteiger partial charge on any atom is 0.243 e. The van der Waals surface area contributed by atoms with Crippen molar-refractivity contribution in [2.45, 2.75) is 63.1 Å². The molecule has 4 nitrogen and oxygen atoms in total. The number of amides is 2. The molecule has 0 radical (unpaired) electrons. The summed E-state index contributed by atoms with van der Waals surface area (Å²) in [6, 6.07) is 22.7. The first-order valence-electron chi connectivity index (χ1n) is 12.6. The van der Waals surface area contributed by atoms with Gasteiger partial charge in [-0.3, -0.25) is 9.59 Å². The van der Waals surface area contributed by atoms with Crippen molar-refractivity contribution in [2.24, 2.45) is 0 Å². The fourth-order valence-electron chi connectivity index (χ4n) is 3.87. The van der Waals surface area contributed by atoms with Crippen molar-refractivity contribution in [3.8, 4) is 0 Å². The number of thioether (sulfide) groups is 1. The Balaban J connectivity index is 1.78. The fraction of sp³-hybridized carbons (Fsp3) is 0.333. The highest BCUT2D eigenvalue weighted by Crippen LogP contribution is 2.22. The summed E-state index contributed by atoms with van der Waals surface area (Å²) in [6.45, 7) is 4.20. The van der Waals surface area contributed by atoms with Crippen molar-refractivity contribution in [1.82, 2.24) is 10.2 Å². The lowest BCUT2D eigenvalue weighted by atomic mass is 10.0. The smallest absolute Gasteiger partial charge is 0.243 e. The average molecular weight is 541 g/mol. The van der Waals surface area contributed by atoms with Crippen molar-refractivity contribution in [3.05, 3.63) is 101 Å². The van der Waals surface area contributed by atoms with E-state index in [-0.39, 0.29) is 30.2 Å². The summed E-state index contributed by atoms with van der Waals surface area (Å²) in [5.74, 6) is 0.154. The van der Waals surface area contributed by atoms with Crippen LogP contribution in [0.4, 0.5) is 4.39 Å². The van der Waals surface area contributed by atoms with Gasteiger partial charge in [-0.2, -0.15) is 0 Å². The lowest BCUT2D eigenvalue weighted by molar-refractivity contribution is -0.141. The van der Waals surface area contributed by atoms with E-state index >= 15 is 0 Å². The maximum atomic E-state index is 13.6. The molecule has 0 saturated heterocycles. The summed E-state index contributed by atoms with van der Waals surface area (Å²) < 4.78 is 13.6. The monoisotopic (exact) mass is 540 g/mol. The largest absolute Gasteiger partial charge is 0.352 e. The minimum Gasteiger partial charge on any atom is -0.352 e. The highest BCUT2D eigenvalue weighted by molar-refractivity contribution is 7.99. The lowest BCUT2D eigenvalue weighted by Gasteiger charge is -2.32. The second-order valence-corrected chi connectivity index (χ2v) is 10.7. The third-order valence-electron chi connectivity index (χ3n) is 6.16. The van der Waals surface area contributed by atoms with Gasteiger partial charge in [-0.05, 0) is 73.0 Å². The van der Waals surface area contributed by atoms with E-state index in [2.05, 4.69) is 5.32 Å². The van der Waals surface area contributed by atoms with Crippen molar-refractivity contribution in [3.63, 3.8) is 0 Å². The molecule has 0 heterocycles. The molecule has 7 heteroatoms. The molecule has 0 saturated carbocycles. The number of carbonyl (C=O) groups is 2. The van der Waals surface area contributed by atoms with Gasteiger partial charge in [0, 0.05) is 35.3 Å². The fourth-order valence-corrected chi connectivity index (χ4v) is 4.85. The van der Waals surface area contributed by atoms with E-state index in [0.29, 0.717) is 24.3 Å². The number of carbonyl (C=O) groups excluding carboxylic acids is 2. The maximum absolute atomic E-state index is 13.6. The van der Waals surface area contributed by atoms with E-state index in [1.165, 1.54) is 12.1 Å². The average Bonchev–Trinajstić information content (AvgIpc) is 2.91. The summed E-state index contributed by atoms with van der Waals surface area (Å²) in [7, 11) is 0. The Labute approximate surface area is 228 Å². The molecule has 196 valence electrons. The first-order valence-corrected chi connectivity index (χ1v) is 14.0. The van der Waals surface area contributed by atoms with Crippen LogP contribution in [-0.4, -0.2) is 34.6 Å². The van der Waals surface area contributed by atoms with Crippen LogP contribution >= 0.6 is 23.4 Å². The second kappa shape index (κ2) is 14.8. The van der Waals surface area contributed by atoms with Gasteiger partial charge in [-0.1, -0.05) is 61.0 Å². The van der Waals surface area contributed by atoms with Crippen molar-refractivity contribution in [1.29, 1.82) is 0 Å². The van der Waals surface area contributed by atoms with E-state index in [1.54, 1.807) is 28.8 Å². The van der Waals surface area contributed by atoms with Gasteiger partial charge in [0.2, 0.25) is 11.8 Å². The first kappa shape index (κ1) is 28.7. The topological polar surface area (TPSA) is 49.4 Å². The van der Waals surface area contributed by atoms with Gasteiger partial charge in [0.25, 0.3) is 0 Å². The third-order valence-corrected chi connectivity index (χ3v) is 7.51. The zero-order valence-corrected chi connectivity index (χ0v) is 22.9. The van der Waals surface area contributed by atoms with Crippen molar-refractivity contribution < 1.29 is 14.0 Å². The molecule has 2 atom stereocenters. The number of hydrogen-bond acceptors (Lipinski definition) is 3. The molecule has 0 spiro atoms. The molecule has 0 unspecified atom stereocenters. The first-order chi connectivity index (χ1) is 17.9. The SMILES string of the molecule is CC[C@H](C)NC(=O)[C@H](Cc1ccccc1)N(Cc1ccc(F)cc1)C(=O)CCCSc1ccc(Cl)cc1. The highest BCUT2D eigenvalue weighted by atomic mass is 35.5. The number of halogens is 2. The van der Waals surface area contributed by atoms with Crippen LogP contribution in [-0.2, 0) is 22.6 Å². The van der Waals surface area contributed by atoms with Crippen LogP contribution in [0.15, 0.2) is 83.8 Å². The minimum atomic E-state index is -0.683. The Hall–Kier alpha value is -2.83. The third kappa shape index (κ3) is 9.52. The number of nitrogens with one attached hydrogen (secondary N) is 1. The predicted molar refractivity (Wildman–Crippen MR) is 150 cm³/mol. The normalized spacial score (nSPS) is 12.5. The predicted octanol–water partition coefficient (Wildman–Crippen LogP) is 6.91. The summed E-state index contributed by atoms with van der Waals surface area (Å²) in [5, 5.41) is 3.76. The van der Waals surface area contributed by atoms with Gasteiger partial charge < -0.3 is 10.2 Å². The van der Waals surface area contributed by atoms with Crippen molar-refractivity contribution in [2.75, 3.05) is 5.75 Å². The van der Waals surface area contributed by atoms with Gasteiger partial charge >= 0.3 is 0 Å². The van der Waals surface area contributed by atoms with Crippen LogP contribution in [0, 0.1) is 5.82 Å². The number of benzene rings is 3. The minimum absolute atomic E-state index is 0.00989. The molecule has 3 aromatic rings. The lowest BCUT2D eigenvalue weighted by Crippen LogP contribution is -2.52. The standard InChI is InChI=1S/C30H34ClFN2O2S/c1-3-22(2)33-30(36)28(20-23-8-5-4-6-9-23)34(21-24-11-15-26(32)16-12-24)29(35)10-7-19-37-27-17-13-25(31)14-18-27/h4-6,8-9,11-18,22,28H,3,7,10,19-21H2,1-2H3,(H,33,36)/t22-,28-/m0/s1. The van der Waals surface area contributed by atoms with Gasteiger partial charge in [0.15, 0.2) is 0 Å². The molecule has 0 aliphatic carbocycles. The molecule has 0 aliphatic heterocycles. The highest BCUT2D eigenvalue weighted by Gasteiger charge is 2.30. The molecule has 0 bridgehead atoms. The van der Waals surface area contributed by atoms with Crippen LogP contribution in [0.3, 0.4) is 0 Å². The summed E-state index contributed by atoms with van der Waals surface area (Å²) >= 11 is 7.63. The Bertz CT molecular complexity index is 1130. The van der Waals surface area contributed by atoms with Crippen LogP contribution in [0.25, 0.3) is 0 Å². The molecule has 1 N–H and O–H groups in total. The van der Waals surface area contributed by atoms with Crippen LogP contribution in [0.2, 0.25) is 5.02 Å². The van der Waals surface area contributed by atoms with Gasteiger partial charge in [-0.15, -0.1) is 11.8 Å². The molecule has 0 fully saturated rings. The Morgan fingerprint density at radius 3 is 2.30 bits per heavy atom. The molecule has 2 amide bonds. The van der Waals surface area contributed by atoms with Gasteiger partial charge in [0.1, 0.15) is 11.9 Å². The van der Waals surface area contributed by atoms with E-state index < -0.39 is 6.04 Å². The van der Waals surface area contributed by atoms with Crippen LogP contribution in [0.1, 0.15) is 44.2 Å². The Morgan fingerprint density at radius 1 is 0.973 bits per heavy atom. The van der Waals surface area contributed by atoms with Crippen LogP contribution < -0.4 is 5.32 Å². The van der Waals surface area contributed by atoms with E-state index in [4.69, 9.17) is 11.6 Å². The Morgan fingerprint density at radius 2 is 1.65 bits per heavy atom. The summed E-state index contributed by atoms with van der Waals surface area (Å²) in [4.78, 5) is 29.8. The molecule has 0 aliphatic rings. The molecule has 37 heavy (non-hydrogen) atoms. The quantitative estimate of drug-likeness (QED) is 0.189. The van der Waals surface area contributed by atoms with E-state index in [0.717, 1.165) is 28.2 Å². The Kier molecular flexibility index (Phi) is 11.5. The summed E-state index contributed by atoms with van der Waals surface area (Å²) in [6.07, 6.45) is 2.16. The van der Waals surface area contributed by atoms with Crippen molar-refractivity contribution >= 4 is 35.2 Å². The van der Waals surface area contributed by atoms with Crippen LogP contribution in [0.5, 0.6) is 0 Å². The van der Waals surface area contributed by atoms with Gasteiger partial charge in [0.05, 0.1) is 0 Å². The van der Waals surface area contributed by atoms with Gasteiger partial charge in [-0.25, -0.2) is 4.39 Å². The molecule has 3 aromatic carbocycles. The number of nitrogens with zero attached hydrogens (tertiary/aromatic N) is 1. The second-order valence-electron chi connectivity index (χ2n) is 9.08.